The maximum absolute atomic E-state index is 5.72. The largest absolute Gasteiger partial charge is 0.448 e. The van der Waals surface area contributed by atoms with E-state index < -0.39 is 0 Å². The summed E-state index contributed by atoms with van der Waals surface area (Å²) in [6, 6.07) is 0. The lowest BCUT2D eigenvalue weighted by Crippen LogP contribution is -2.41. The molecule has 0 rings (SSSR count). The fourth-order valence-corrected chi connectivity index (χ4v) is 1.36. The highest BCUT2D eigenvalue weighted by Gasteiger charge is 2.03. The van der Waals surface area contributed by atoms with Crippen LogP contribution in [0.4, 0.5) is 0 Å². The van der Waals surface area contributed by atoms with Crippen molar-refractivity contribution >= 4 is 17.5 Å². The summed E-state index contributed by atoms with van der Waals surface area (Å²) in [5.41, 5.74) is 2.70. The van der Waals surface area contributed by atoms with E-state index in [2.05, 4.69) is 56.7 Å². The highest BCUT2D eigenvalue weighted by Crippen LogP contribution is 2.10. The minimum absolute atomic E-state index is 0.639. The van der Waals surface area contributed by atoms with Crippen LogP contribution in [0.1, 0.15) is 47.0 Å². The molecule has 3 heteroatoms. The van der Waals surface area contributed by atoms with Crippen LogP contribution < -0.4 is 5.41 Å². The molecule has 0 aliphatic heterocycles. The molecule has 0 saturated heterocycles. The smallest absolute Gasteiger partial charge is 0.333 e. The first-order chi connectivity index (χ1) is 9.10. The van der Waals surface area contributed by atoms with E-state index in [9.17, 15) is 0 Å². The van der Waals surface area contributed by atoms with Crippen molar-refractivity contribution in [1.82, 2.24) is 0 Å². The van der Waals surface area contributed by atoms with Gasteiger partial charge in [-0.3, -0.25) is 0 Å². The van der Waals surface area contributed by atoms with Gasteiger partial charge in [0.1, 0.15) is 0 Å². The molecule has 0 aliphatic rings. The lowest BCUT2D eigenvalue weighted by molar-refractivity contribution is -0.143. The van der Waals surface area contributed by atoms with Gasteiger partial charge in [0.25, 0.3) is 0 Å². The molecular weight excluding hydrogens is 258 g/mol. The average Bonchev–Trinajstić information content (AvgIpc) is 2.40. The molecule has 0 atom stereocenters. The highest BCUT2D eigenvalue weighted by atomic mass is 35.5. The summed E-state index contributed by atoms with van der Waals surface area (Å²) in [6.45, 7) is 8.94. The minimum atomic E-state index is 0.639. The van der Waals surface area contributed by atoms with Gasteiger partial charge >= 0.3 is 5.90 Å². The van der Waals surface area contributed by atoms with E-state index in [1.54, 1.807) is 0 Å². The first kappa shape index (κ1) is 20.3. The van der Waals surface area contributed by atoms with Crippen molar-refractivity contribution in [2.24, 2.45) is 0 Å². The molecule has 2 N–H and O–H groups in total. The molecule has 110 valence electrons. The van der Waals surface area contributed by atoms with Gasteiger partial charge in [-0.05, 0) is 33.6 Å². The molecule has 0 unspecified atom stereocenters. The van der Waals surface area contributed by atoms with Crippen molar-refractivity contribution in [2.45, 2.75) is 47.0 Å². The number of ether oxygens (including phenoxy) is 1. The molecule has 0 aromatic heterocycles. The maximum Gasteiger partial charge on any atom is 0.333 e. The van der Waals surface area contributed by atoms with Crippen molar-refractivity contribution in [1.29, 1.82) is 0 Å². The summed E-state index contributed by atoms with van der Waals surface area (Å²) >= 11 is 4.64. The molecule has 0 heterocycles. The molecular formula is C16H29ClNO+. The van der Waals surface area contributed by atoms with Gasteiger partial charge in [-0.2, -0.15) is 0 Å². The van der Waals surface area contributed by atoms with Crippen molar-refractivity contribution < 1.29 is 10.1 Å². The Morgan fingerprint density at radius 3 is 2.11 bits per heavy atom. The summed E-state index contributed by atoms with van der Waals surface area (Å²) in [7, 11) is 0. The fraction of sp³-hybridized carbons (Fsp3) is 0.562. The Morgan fingerprint density at radius 1 is 1.05 bits per heavy atom. The Kier molecular flexibility index (Phi) is 16.1. The number of allylic oxidation sites excluding steroid dienone is 6. The fourth-order valence-electron chi connectivity index (χ4n) is 1.36. The van der Waals surface area contributed by atoms with Crippen molar-refractivity contribution in [3.05, 3.63) is 35.5 Å². The molecule has 19 heavy (non-hydrogen) atoms. The zero-order valence-electron chi connectivity index (χ0n) is 13.0. The Balaban J connectivity index is 0. The van der Waals surface area contributed by atoms with Gasteiger partial charge < -0.3 is 4.74 Å². The Bertz CT molecular complexity index is 313. The average molecular weight is 287 g/mol. The van der Waals surface area contributed by atoms with E-state index in [0.717, 1.165) is 19.3 Å². The lowest BCUT2D eigenvalue weighted by Gasteiger charge is -2.02. The molecule has 0 bridgehead atoms. The van der Waals surface area contributed by atoms with Gasteiger partial charge in [0.2, 0.25) is 0 Å². The van der Waals surface area contributed by atoms with Crippen LogP contribution in [-0.2, 0) is 4.74 Å². The van der Waals surface area contributed by atoms with Crippen LogP contribution in [0.25, 0.3) is 0 Å². The third-order valence-electron chi connectivity index (χ3n) is 2.35. The quantitative estimate of drug-likeness (QED) is 0.329. The molecule has 2 nitrogen and oxygen atoms in total. The van der Waals surface area contributed by atoms with E-state index in [1.807, 2.05) is 6.92 Å². The van der Waals surface area contributed by atoms with Crippen LogP contribution in [0.2, 0.25) is 0 Å². The van der Waals surface area contributed by atoms with Crippen molar-refractivity contribution in [2.75, 3.05) is 13.0 Å². The Labute approximate surface area is 123 Å². The zero-order chi connectivity index (χ0) is 15.1. The maximum atomic E-state index is 5.72. The van der Waals surface area contributed by atoms with E-state index >= 15 is 0 Å². The van der Waals surface area contributed by atoms with E-state index in [-0.39, 0.29) is 0 Å². The molecule has 0 fully saturated rings. The summed E-state index contributed by atoms with van der Waals surface area (Å²) in [5.74, 6) is 0.639. The standard InChI is InChI=1S/C15H25NO.CH3Cl/c1-5-14(10-8-7-9-13(3)4)11-12-15(16)17-6-2;1-2/h7-10,16H,5-6,11-12H2,1-4H3;1H3/p+1/b8-7-,14-10+,16-15?;. The first-order valence-corrected chi connectivity index (χ1v) is 7.47. The number of rotatable bonds is 7. The van der Waals surface area contributed by atoms with Crippen LogP contribution >= 0.6 is 11.6 Å². The number of alkyl halides is 1. The molecule has 0 aromatic carbocycles. The van der Waals surface area contributed by atoms with E-state index in [4.69, 9.17) is 10.1 Å². The second kappa shape index (κ2) is 15.0. The molecule has 0 spiro atoms. The van der Waals surface area contributed by atoms with Crippen LogP contribution in [0.3, 0.4) is 0 Å². The van der Waals surface area contributed by atoms with Gasteiger partial charge in [-0.25, -0.2) is 5.41 Å². The van der Waals surface area contributed by atoms with Crippen LogP contribution in [0, 0.1) is 0 Å². The van der Waals surface area contributed by atoms with Crippen LogP contribution in [0.15, 0.2) is 35.5 Å². The monoisotopic (exact) mass is 286 g/mol. The van der Waals surface area contributed by atoms with Gasteiger partial charge in [0.15, 0.2) is 0 Å². The minimum Gasteiger partial charge on any atom is -0.448 e. The summed E-state index contributed by atoms with van der Waals surface area (Å²) in [5, 5.41) is 5.72. The van der Waals surface area contributed by atoms with Crippen molar-refractivity contribution in [3.8, 4) is 0 Å². The Morgan fingerprint density at radius 2 is 1.63 bits per heavy atom. The van der Waals surface area contributed by atoms with Gasteiger partial charge in [0, 0.05) is 6.38 Å². The zero-order valence-corrected chi connectivity index (χ0v) is 13.8. The topological polar surface area (TPSA) is 34.8 Å². The van der Waals surface area contributed by atoms with Crippen LogP contribution in [-0.4, -0.2) is 18.9 Å². The first-order valence-electron chi connectivity index (χ1n) is 6.71. The third kappa shape index (κ3) is 14.9. The molecule has 0 aliphatic carbocycles. The predicted octanol–water partition coefficient (Wildman–Crippen LogP) is 3.67. The number of hydrogen-bond acceptors (Lipinski definition) is 1. The molecule has 0 radical (unpaired) electrons. The van der Waals surface area contributed by atoms with Gasteiger partial charge in [-0.15, -0.1) is 11.6 Å². The predicted molar refractivity (Wildman–Crippen MR) is 86.5 cm³/mol. The molecule has 0 amide bonds. The number of hydrogen-bond donors (Lipinski definition) is 1. The lowest BCUT2D eigenvalue weighted by atomic mass is 10.1. The van der Waals surface area contributed by atoms with E-state index in [1.165, 1.54) is 17.5 Å². The van der Waals surface area contributed by atoms with Gasteiger partial charge in [0.05, 0.1) is 13.0 Å². The van der Waals surface area contributed by atoms with E-state index in [0.29, 0.717) is 12.5 Å². The normalized spacial score (nSPS) is 10.7. The molecule has 0 aromatic rings. The summed E-state index contributed by atoms with van der Waals surface area (Å²) in [6.07, 6.45) is 12.7. The molecule has 0 saturated carbocycles. The number of halogens is 1. The number of nitrogens with two attached hydrogens (primary N) is 1. The van der Waals surface area contributed by atoms with Crippen molar-refractivity contribution in [3.63, 3.8) is 0 Å². The Hall–Kier alpha value is -1.02. The highest BCUT2D eigenvalue weighted by molar-refractivity contribution is 6.15. The SMILES string of the molecule is CCOC(=[NH2+])CC/C(=C/C=C\C=C(C)C)CC.CCl. The summed E-state index contributed by atoms with van der Waals surface area (Å²) < 4.78 is 5.23. The van der Waals surface area contributed by atoms with Gasteiger partial charge in [-0.1, -0.05) is 42.4 Å². The second-order valence-corrected chi connectivity index (χ2v) is 4.21. The van der Waals surface area contributed by atoms with Crippen LogP contribution in [0.5, 0.6) is 0 Å². The third-order valence-corrected chi connectivity index (χ3v) is 2.35. The second-order valence-electron chi connectivity index (χ2n) is 4.21. The summed E-state index contributed by atoms with van der Waals surface area (Å²) in [4.78, 5) is 0.